The minimum Gasteiger partial charge on any atom is -0.483 e. The molecule has 0 bridgehead atoms. The quantitative estimate of drug-likeness (QED) is 0.654. The van der Waals surface area contributed by atoms with Crippen molar-refractivity contribution in [3.63, 3.8) is 0 Å². The maximum atomic E-state index is 6.24. The van der Waals surface area contributed by atoms with Gasteiger partial charge in [0.2, 0.25) is 0 Å². The van der Waals surface area contributed by atoms with Crippen LogP contribution in [-0.2, 0) is 0 Å². The smallest absolute Gasteiger partial charge is 0.139 e. The van der Waals surface area contributed by atoms with E-state index in [0.717, 1.165) is 26.7 Å². The molecular formula is C16H16Br2ClNO. The molecule has 0 spiro atoms. The average Bonchev–Trinajstić information content (AvgIpc) is 2.47. The Morgan fingerprint density at radius 3 is 2.38 bits per heavy atom. The van der Waals surface area contributed by atoms with Crippen molar-refractivity contribution in [1.82, 2.24) is 0 Å². The lowest BCUT2D eigenvalue weighted by Gasteiger charge is -2.25. The van der Waals surface area contributed by atoms with Gasteiger partial charge in [-0.1, -0.05) is 46.6 Å². The number of halogens is 3. The van der Waals surface area contributed by atoms with E-state index in [1.54, 1.807) is 6.07 Å². The molecule has 2 aromatic carbocycles. The zero-order valence-corrected chi connectivity index (χ0v) is 15.5. The molecule has 0 aliphatic heterocycles. The third-order valence-electron chi connectivity index (χ3n) is 3.21. The Morgan fingerprint density at radius 1 is 1.14 bits per heavy atom. The third kappa shape index (κ3) is 4.46. The normalized spacial score (nSPS) is 13.8. The molecule has 0 aliphatic carbocycles. The standard InChI is InChI=1S/C16H16Br2ClNO/c1-2-14(20)16(10-3-5-11(17)6-4-10)21-15-8-7-12(19)9-13(15)18/h3-9,14,16H,2,20H2,1H3. The van der Waals surface area contributed by atoms with Gasteiger partial charge in [-0.3, -0.25) is 0 Å². The molecule has 2 unspecified atom stereocenters. The Balaban J connectivity index is 2.30. The van der Waals surface area contributed by atoms with Crippen LogP contribution in [0.1, 0.15) is 25.0 Å². The van der Waals surface area contributed by atoms with E-state index in [-0.39, 0.29) is 12.1 Å². The summed E-state index contributed by atoms with van der Waals surface area (Å²) >= 11 is 12.9. The van der Waals surface area contributed by atoms with Gasteiger partial charge in [0.1, 0.15) is 11.9 Å². The second-order valence-electron chi connectivity index (χ2n) is 4.74. The summed E-state index contributed by atoms with van der Waals surface area (Å²) in [6, 6.07) is 13.4. The van der Waals surface area contributed by atoms with Crippen LogP contribution in [0.3, 0.4) is 0 Å². The Labute approximate surface area is 146 Å². The Hall–Kier alpha value is -0.550. The molecule has 5 heteroatoms. The van der Waals surface area contributed by atoms with E-state index in [1.807, 2.05) is 36.4 Å². The van der Waals surface area contributed by atoms with E-state index in [1.165, 1.54) is 0 Å². The molecular weight excluding hydrogens is 417 g/mol. The van der Waals surface area contributed by atoms with Gasteiger partial charge < -0.3 is 10.5 Å². The topological polar surface area (TPSA) is 35.2 Å². The SMILES string of the molecule is CCC(N)C(Oc1ccc(Cl)cc1Br)c1ccc(Br)cc1. The van der Waals surface area contributed by atoms with Crippen molar-refractivity contribution in [3.8, 4) is 5.75 Å². The van der Waals surface area contributed by atoms with E-state index in [2.05, 4.69) is 38.8 Å². The molecule has 0 aliphatic rings. The second kappa shape index (κ2) is 7.63. The van der Waals surface area contributed by atoms with E-state index in [9.17, 15) is 0 Å². The van der Waals surface area contributed by atoms with Crippen molar-refractivity contribution in [2.24, 2.45) is 5.73 Å². The van der Waals surface area contributed by atoms with E-state index >= 15 is 0 Å². The van der Waals surface area contributed by atoms with Crippen LogP contribution in [0.2, 0.25) is 5.02 Å². The molecule has 21 heavy (non-hydrogen) atoms. The van der Waals surface area contributed by atoms with Crippen molar-refractivity contribution < 1.29 is 4.74 Å². The summed E-state index contributed by atoms with van der Waals surface area (Å²) in [7, 11) is 0. The molecule has 2 atom stereocenters. The van der Waals surface area contributed by atoms with Gasteiger partial charge in [0, 0.05) is 15.5 Å². The van der Waals surface area contributed by atoms with Crippen molar-refractivity contribution in [2.75, 3.05) is 0 Å². The fraction of sp³-hybridized carbons (Fsp3) is 0.250. The molecule has 0 saturated heterocycles. The highest BCUT2D eigenvalue weighted by Gasteiger charge is 2.21. The predicted octanol–water partition coefficient (Wildman–Crippen LogP) is 5.72. The summed E-state index contributed by atoms with van der Waals surface area (Å²) in [5.41, 5.74) is 7.29. The first kappa shape index (κ1) is 16.8. The average molecular weight is 434 g/mol. The summed E-state index contributed by atoms with van der Waals surface area (Å²) in [5, 5.41) is 0.661. The van der Waals surface area contributed by atoms with Crippen molar-refractivity contribution in [3.05, 3.63) is 62.0 Å². The molecule has 0 amide bonds. The predicted molar refractivity (Wildman–Crippen MR) is 94.9 cm³/mol. The summed E-state index contributed by atoms with van der Waals surface area (Å²) < 4.78 is 7.98. The van der Waals surface area contributed by atoms with Crippen LogP contribution in [0.25, 0.3) is 0 Å². The van der Waals surface area contributed by atoms with Gasteiger partial charge in [-0.2, -0.15) is 0 Å². The maximum Gasteiger partial charge on any atom is 0.139 e. The number of rotatable bonds is 5. The second-order valence-corrected chi connectivity index (χ2v) is 6.94. The monoisotopic (exact) mass is 431 g/mol. The summed E-state index contributed by atoms with van der Waals surface area (Å²) in [5.74, 6) is 0.733. The van der Waals surface area contributed by atoms with Crippen LogP contribution in [0.15, 0.2) is 51.4 Å². The molecule has 2 rings (SSSR count). The molecule has 2 N–H and O–H groups in total. The first-order chi connectivity index (χ1) is 10.0. The minimum absolute atomic E-state index is 0.0891. The molecule has 0 radical (unpaired) electrons. The molecule has 0 aromatic heterocycles. The number of nitrogens with two attached hydrogens (primary N) is 1. The van der Waals surface area contributed by atoms with Crippen LogP contribution in [-0.4, -0.2) is 6.04 Å². The summed E-state index contributed by atoms with van der Waals surface area (Å²) in [4.78, 5) is 0. The Bertz CT molecular complexity index is 604. The van der Waals surface area contributed by atoms with Crippen molar-refractivity contribution in [1.29, 1.82) is 0 Å². The zero-order chi connectivity index (χ0) is 15.4. The maximum absolute atomic E-state index is 6.24. The first-order valence-electron chi connectivity index (χ1n) is 6.64. The molecule has 2 nitrogen and oxygen atoms in total. The van der Waals surface area contributed by atoms with Crippen molar-refractivity contribution in [2.45, 2.75) is 25.5 Å². The van der Waals surface area contributed by atoms with Gasteiger partial charge >= 0.3 is 0 Å². The molecule has 2 aromatic rings. The van der Waals surface area contributed by atoms with Gasteiger partial charge in [-0.25, -0.2) is 0 Å². The van der Waals surface area contributed by atoms with Crippen LogP contribution < -0.4 is 10.5 Å². The van der Waals surface area contributed by atoms with E-state index < -0.39 is 0 Å². The highest BCUT2D eigenvalue weighted by molar-refractivity contribution is 9.10. The number of benzene rings is 2. The zero-order valence-electron chi connectivity index (χ0n) is 11.5. The number of hydrogen-bond acceptors (Lipinski definition) is 2. The fourth-order valence-corrected chi connectivity index (χ4v) is 3.02. The summed E-state index contributed by atoms with van der Waals surface area (Å²) in [6.07, 6.45) is 0.618. The number of ether oxygens (including phenoxy) is 1. The molecule has 112 valence electrons. The molecule has 0 heterocycles. The van der Waals surface area contributed by atoms with Gasteiger partial charge in [-0.05, 0) is 58.2 Å². The van der Waals surface area contributed by atoms with Crippen molar-refractivity contribution >= 4 is 43.5 Å². The van der Waals surface area contributed by atoms with Gasteiger partial charge in [0.25, 0.3) is 0 Å². The van der Waals surface area contributed by atoms with E-state index in [0.29, 0.717) is 5.02 Å². The van der Waals surface area contributed by atoms with Gasteiger partial charge in [-0.15, -0.1) is 0 Å². The van der Waals surface area contributed by atoms with Crippen LogP contribution in [0.5, 0.6) is 5.75 Å². The lowest BCUT2D eigenvalue weighted by molar-refractivity contribution is 0.170. The Kier molecular flexibility index (Phi) is 6.11. The van der Waals surface area contributed by atoms with Crippen LogP contribution >= 0.6 is 43.5 Å². The highest BCUT2D eigenvalue weighted by atomic mass is 79.9. The number of hydrogen-bond donors (Lipinski definition) is 1. The molecule has 0 fully saturated rings. The summed E-state index contributed by atoms with van der Waals surface area (Å²) in [6.45, 7) is 2.05. The lowest BCUT2D eigenvalue weighted by atomic mass is 10.0. The largest absolute Gasteiger partial charge is 0.483 e. The van der Waals surface area contributed by atoms with Crippen LogP contribution in [0, 0.1) is 0 Å². The fourth-order valence-electron chi connectivity index (χ4n) is 1.98. The molecule has 0 saturated carbocycles. The van der Waals surface area contributed by atoms with E-state index in [4.69, 9.17) is 22.1 Å². The minimum atomic E-state index is -0.208. The Morgan fingerprint density at radius 2 is 1.81 bits per heavy atom. The lowest BCUT2D eigenvalue weighted by Crippen LogP contribution is -2.31. The van der Waals surface area contributed by atoms with Gasteiger partial charge in [0.05, 0.1) is 4.47 Å². The third-order valence-corrected chi connectivity index (χ3v) is 4.59. The highest BCUT2D eigenvalue weighted by Crippen LogP contribution is 2.33. The van der Waals surface area contributed by atoms with Crippen LogP contribution in [0.4, 0.5) is 0 Å². The van der Waals surface area contributed by atoms with Gasteiger partial charge in [0.15, 0.2) is 0 Å². The first-order valence-corrected chi connectivity index (χ1v) is 8.60.